The van der Waals surface area contributed by atoms with Crippen LogP contribution in [0.25, 0.3) is 0 Å². The van der Waals surface area contributed by atoms with Crippen LogP contribution in [-0.4, -0.2) is 108 Å². The van der Waals surface area contributed by atoms with E-state index in [1.54, 1.807) is 0 Å². The van der Waals surface area contributed by atoms with Gasteiger partial charge in [0, 0.05) is 5.56 Å². The van der Waals surface area contributed by atoms with E-state index in [0.29, 0.717) is 36.4 Å². The van der Waals surface area contributed by atoms with E-state index < -0.39 is 138 Å². The van der Waals surface area contributed by atoms with Crippen LogP contribution in [0.2, 0.25) is 0 Å². The second kappa shape index (κ2) is 16.3. The first-order valence-corrected chi connectivity index (χ1v) is 16.7. The molecule has 0 amide bonds. The van der Waals surface area contributed by atoms with Gasteiger partial charge in [0.2, 0.25) is 0 Å². The molecule has 0 atom stereocenters. The molecule has 0 spiro atoms. The van der Waals surface area contributed by atoms with E-state index in [9.17, 15) is 70.2 Å². The number of rotatable bonds is 7. The van der Waals surface area contributed by atoms with Crippen LogP contribution in [0.3, 0.4) is 0 Å². The molecule has 0 aliphatic heterocycles. The van der Waals surface area contributed by atoms with E-state index in [4.69, 9.17) is 23.8 Å². The number of aromatic carboxylic acids is 1. The topological polar surface area (TPSA) is 362 Å². The Morgan fingerprint density at radius 1 is 0.400 bits per heavy atom. The fourth-order valence-electron chi connectivity index (χ4n) is 3.31. The summed E-state index contributed by atoms with van der Waals surface area (Å²) in [4.78, 5) is 47.8. The standard InChI is InChI=1S/4C7H6O5.Bi.Li/c4*8-4-1-3(7(11)12)2-5(9)6(4)10;;/h4*1-2,8-10H,(H,11,12);;/q;;;;+3;+1/p-4. The average molecular weight is 892 g/mol. The van der Waals surface area contributed by atoms with Gasteiger partial charge in [-0.2, -0.15) is 0 Å². The first kappa shape index (κ1) is 40.0. The monoisotopic (exact) mass is 892 g/mol. The molecule has 0 saturated heterocycles. The van der Waals surface area contributed by atoms with Crippen LogP contribution in [0.4, 0.5) is 0 Å². The van der Waals surface area contributed by atoms with Gasteiger partial charge in [-0.25, -0.2) is 0 Å². The summed E-state index contributed by atoms with van der Waals surface area (Å²) >= 11 is -5.08. The summed E-state index contributed by atoms with van der Waals surface area (Å²) in [6, 6.07) is 5.62. The third-order valence-corrected chi connectivity index (χ3v) is 9.37. The first-order valence-electron chi connectivity index (χ1n) is 12.5. The van der Waals surface area contributed by atoms with Gasteiger partial charge in [-0.1, -0.05) is 0 Å². The Labute approximate surface area is 298 Å². The molecular formula is C28H20BiLiO20. The van der Waals surface area contributed by atoms with Crippen LogP contribution in [-0.2, 0) is 8.44 Å². The number of carbonyl (C=O) groups excluding carboxylic acids is 4. The van der Waals surface area contributed by atoms with Crippen LogP contribution in [0.5, 0.6) is 69.0 Å². The minimum absolute atomic E-state index is 0. The molecule has 20 nitrogen and oxygen atoms in total. The van der Waals surface area contributed by atoms with Crippen LogP contribution in [0, 0.1) is 0 Å². The van der Waals surface area contributed by atoms with Crippen molar-refractivity contribution in [3.05, 3.63) is 70.8 Å². The van der Waals surface area contributed by atoms with E-state index >= 15 is 0 Å². The zero-order chi connectivity index (χ0) is 36.9. The maximum atomic E-state index is 12.5. The summed E-state index contributed by atoms with van der Waals surface area (Å²) in [5.74, 6) is -16.2. The molecule has 0 saturated carbocycles. The van der Waals surface area contributed by atoms with Gasteiger partial charge >= 0.3 is 233 Å². The summed E-state index contributed by atoms with van der Waals surface area (Å²) in [6.45, 7) is 0. The van der Waals surface area contributed by atoms with E-state index in [1.165, 1.54) is 0 Å². The van der Waals surface area contributed by atoms with Crippen LogP contribution in [0.1, 0.15) is 41.4 Å². The largest absolute Gasteiger partial charge is 1.00 e. The van der Waals surface area contributed by atoms with Crippen molar-refractivity contribution in [3.8, 4) is 69.0 Å². The number of aromatic hydroxyl groups is 12. The SMILES string of the molecule is O=C([O-])c1cc(O)c(O)c(O)c1.O=C([O][Bi]([O]C(=O)c1cc(O)c(O)c(O)c1)[O]C(=O)c1cc(O)c(O)c(O)c1)c1cc(O)c(O)c(O)c1.[Li+]. The van der Waals surface area contributed by atoms with Gasteiger partial charge in [-0.05, 0) is 12.1 Å². The number of carboxylic acids is 1. The minimum atomic E-state index is -5.08. The zero-order valence-electron chi connectivity index (χ0n) is 24.7. The van der Waals surface area contributed by atoms with Crippen molar-refractivity contribution < 1.29 is 113 Å². The van der Waals surface area contributed by atoms with Crippen LogP contribution < -0.4 is 24.0 Å². The average Bonchev–Trinajstić information content (AvgIpc) is 3.02. The number of hydrogen-bond donors (Lipinski definition) is 12. The third-order valence-electron chi connectivity index (χ3n) is 5.69. The van der Waals surface area contributed by atoms with Gasteiger partial charge in [0.15, 0.2) is 17.2 Å². The van der Waals surface area contributed by atoms with Gasteiger partial charge < -0.3 is 25.2 Å². The molecule has 258 valence electrons. The predicted molar refractivity (Wildman–Crippen MR) is 152 cm³/mol. The van der Waals surface area contributed by atoms with Crippen molar-refractivity contribution >= 4 is 46.9 Å². The van der Waals surface area contributed by atoms with Gasteiger partial charge in [0.1, 0.15) is 0 Å². The molecule has 0 bridgehead atoms. The smallest absolute Gasteiger partial charge is 1.00 e. The Hall–Kier alpha value is -6.16. The number of phenols is 12. The molecule has 50 heavy (non-hydrogen) atoms. The summed E-state index contributed by atoms with van der Waals surface area (Å²) in [6.07, 6.45) is 0. The van der Waals surface area contributed by atoms with Crippen molar-refractivity contribution in [1.82, 2.24) is 0 Å². The molecule has 12 N–H and O–H groups in total. The number of carboxylic acid groups (broad SMARTS) is 1. The van der Waals surface area contributed by atoms with Gasteiger partial charge in [0.25, 0.3) is 0 Å². The molecule has 0 heterocycles. The molecule has 4 aromatic rings. The fraction of sp³-hybridized carbons (Fsp3) is 0. The predicted octanol–water partition coefficient (Wildman–Crippen LogP) is -2.94. The minimum Gasteiger partial charge on any atom is 1.00 e. The molecule has 4 aromatic carbocycles. The number of benzene rings is 4. The Morgan fingerprint density at radius 2 is 0.580 bits per heavy atom. The molecular weight excluding hydrogens is 872 g/mol. The molecule has 0 radical (unpaired) electrons. The van der Waals surface area contributed by atoms with E-state index in [-0.39, 0.29) is 18.9 Å². The number of hydrogen-bond acceptors (Lipinski definition) is 20. The fourth-order valence-corrected chi connectivity index (χ4v) is 6.55. The van der Waals surface area contributed by atoms with Crippen molar-refractivity contribution in [1.29, 1.82) is 0 Å². The quantitative estimate of drug-likeness (QED) is 0.0652. The molecule has 22 heteroatoms. The third kappa shape index (κ3) is 9.47. The van der Waals surface area contributed by atoms with Crippen molar-refractivity contribution in [2.75, 3.05) is 0 Å². The summed E-state index contributed by atoms with van der Waals surface area (Å²) in [5, 5.41) is 122. The summed E-state index contributed by atoms with van der Waals surface area (Å²) in [7, 11) is 0. The second-order valence-corrected chi connectivity index (χ2v) is 13.0. The van der Waals surface area contributed by atoms with Crippen LogP contribution >= 0.6 is 0 Å². The Bertz CT molecular complexity index is 1720. The second-order valence-electron chi connectivity index (χ2n) is 9.10. The maximum Gasteiger partial charge on any atom is 1.00 e. The first-order chi connectivity index (χ1) is 22.8. The molecule has 0 aliphatic rings. The maximum absolute atomic E-state index is 12.5. The van der Waals surface area contributed by atoms with Crippen molar-refractivity contribution in [3.63, 3.8) is 0 Å². The van der Waals surface area contributed by atoms with Crippen molar-refractivity contribution in [2.45, 2.75) is 0 Å². The Morgan fingerprint density at radius 3 is 0.760 bits per heavy atom. The van der Waals surface area contributed by atoms with E-state index in [2.05, 4.69) is 0 Å². The Balaban J connectivity index is 0.000000564. The molecule has 0 unspecified atom stereocenters. The summed E-state index contributed by atoms with van der Waals surface area (Å²) < 4.78 is 14.9. The Kier molecular flexibility index (Phi) is 13.0. The number of carbonyl (C=O) groups is 4. The molecule has 0 fully saturated rings. The van der Waals surface area contributed by atoms with Gasteiger partial charge in [-0.3, -0.25) is 0 Å². The summed E-state index contributed by atoms with van der Waals surface area (Å²) in [5.41, 5.74) is -2.11. The van der Waals surface area contributed by atoms with Gasteiger partial charge in [0.05, 0.1) is 5.97 Å². The van der Waals surface area contributed by atoms with E-state index in [1.807, 2.05) is 0 Å². The normalized spacial score (nSPS) is 10.2. The van der Waals surface area contributed by atoms with E-state index in [0.717, 1.165) is 12.1 Å². The number of phenolic OH excluding ortho intramolecular Hbond substituents is 12. The molecule has 0 aromatic heterocycles. The van der Waals surface area contributed by atoms with Gasteiger partial charge in [-0.15, -0.1) is 0 Å². The van der Waals surface area contributed by atoms with Crippen molar-refractivity contribution in [2.24, 2.45) is 0 Å². The molecule has 4 rings (SSSR count). The molecule has 0 aliphatic carbocycles. The van der Waals surface area contributed by atoms with Crippen LogP contribution in [0.15, 0.2) is 48.5 Å². The zero-order valence-corrected chi connectivity index (χ0v) is 28.2.